The average Bonchev–Trinajstić information content (AvgIpc) is 2.87. The summed E-state index contributed by atoms with van der Waals surface area (Å²) >= 11 is 0. The van der Waals surface area contributed by atoms with Crippen LogP contribution in [0.3, 0.4) is 0 Å². The molecule has 0 saturated carbocycles. The normalized spacial score (nSPS) is 17.6. The van der Waals surface area contributed by atoms with Gasteiger partial charge in [-0.05, 0) is 36.6 Å². The second-order valence-corrected chi connectivity index (χ2v) is 9.28. The van der Waals surface area contributed by atoms with Crippen molar-refractivity contribution < 1.29 is 18.3 Å². The van der Waals surface area contributed by atoms with Crippen molar-refractivity contribution in [1.29, 1.82) is 0 Å². The van der Waals surface area contributed by atoms with E-state index in [1.54, 1.807) is 24.5 Å². The SMILES string of the molecule is COc1cc(F)c(-c2cnc3ccc(C(=O)Nc4cnccc4N4CC(C)CC(N)C4)nc3c2)c(F)c1. The first kappa shape index (κ1) is 24.5. The molecule has 10 heteroatoms. The summed E-state index contributed by atoms with van der Waals surface area (Å²) in [7, 11) is 1.33. The number of anilines is 2. The summed E-state index contributed by atoms with van der Waals surface area (Å²) in [5.41, 5.74) is 8.47. The molecule has 1 aliphatic rings. The Hall–Kier alpha value is -4.18. The molecule has 8 nitrogen and oxygen atoms in total. The van der Waals surface area contributed by atoms with Gasteiger partial charge in [0.05, 0.1) is 41.3 Å². The van der Waals surface area contributed by atoms with Gasteiger partial charge in [-0.1, -0.05) is 6.92 Å². The van der Waals surface area contributed by atoms with Crippen molar-refractivity contribution in [1.82, 2.24) is 15.0 Å². The van der Waals surface area contributed by atoms with E-state index in [4.69, 9.17) is 10.5 Å². The first-order valence-electron chi connectivity index (χ1n) is 11.9. The van der Waals surface area contributed by atoms with E-state index in [0.29, 0.717) is 29.2 Å². The molecule has 1 amide bonds. The number of halogens is 2. The first-order chi connectivity index (χ1) is 17.8. The maximum Gasteiger partial charge on any atom is 0.274 e. The molecule has 2 unspecified atom stereocenters. The van der Waals surface area contributed by atoms with Gasteiger partial charge < -0.3 is 20.7 Å². The number of piperidine rings is 1. The number of fused-ring (bicyclic) bond motifs is 1. The van der Waals surface area contributed by atoms with E-state index in [9.17, 15) is 13.6 Å². The minimum atomic E-state index is -0.789. The summed E-state index contributed by atoms with van der Waals surface area (Å²) in [6, 6.07) is 8.78. The predicted molar refractivity (Wildman–Crippen MR) is 138 cm³/mol. The van der Waals surface area contributed by atoms with E-state index >= 15 is 0 Å². The number of ether oxygens (including phenoxy) is 1. The van der Waals surface area contributed by atoms with E-state index in [2.05, 4.69) is 32.1 Å². The Morgan fingerprint density at radius 1 is 1.11 bits per heavy atom. The number of methoxy groups -OCH3 is 1. The topological polar surface area (TPSA) is 106 Å². The van der Waals surface area contributed by atoms with Gasteiger partial charge in [-0.2, -0.15) is 0 Å². The van der Waals surface area contributed by atoms with E-state index in [-0.39, 0.29) is 28.6 Å². The largest absolute Gasteiger partial charge is 0.497 e. The van der Waals surface area contributed by atoms with Gasteiger partial charge in [-0.15, -0.1) is 0 Å². The van der Waals surface area contributed by atoms with E-state index in [0.717, 1.165) is 30.8 Å². The van der Waals surface area contributed by atoms with Gasteiger partial charge >= 0.3 is 0 Å². The zero-order valence-corrected chi connectivity index (χ0v) is 20.4. The summed E-state index contributed by atoms with van der Waals surface area (Å²) in [6.07, 6.45) is 5.58. The van der Waals surface area contributed by atoms with Gasteiger partial charge in [0.1, 0.15) is 23.1 Å². The van der Waals surface area contributed by atoms with Crippen LogP contribution in [0.1, 0.15) is 23.8 Å². The van der Waals surface area contributed by atoms with Crippen LogP contribution in [0.5, 0.6) is 5.75 Å². The van der Waals surface area contributed by atoms with Crippen LogP contribution < -0.4 is 20.7 Å². The van der Waals surface area contributed by atoms with Gasteiger partial charge in [-0.25, -0.2) is 13.8 Å². The Morgan fingerprint density at radius 2 is 1.89 bits per heavy atom. The molecule has 0 radical (unpaired) electrons. The highest BCUT2D eigenvalue weighted by Gasteiger charge is 2.25. The van der Waals surface area contributed by atoms with E-state index in [1.807, 2.05) is 6.07 Å². The quantitative estimate of drug-likeness (QED) is 0.415. The Balaban J connectivity index is 1.44. The molecule has 4 heterocycles. The third-order valence-corrected chi connectivity index (χ3v) is 6.39. The molecular formula is C27H26F2N6O2. The number of pyridine rings is 3. The minimum Gasteiger partial charge on any atom is -0.497 e. The molecule has 0 bridgehead atoms. The molecule has 190 valence electrons. The average molecular weight is 505 g/mol. The molecule has 2 atom stereocenters. The van der Waals surface area contributed by atoms with Crippen LogP contribution >= 0.6 is 0 Å². The van der Waals surface area contributed by atoms with Gasteiger partial charge in [0.2, 0.25) is 0 Å². The maximum atomic E-state index is 14.6. The molecular weight excluding hydrogens is 478 g/mol. The Labute approximate surface area is 212 Å². The van der Waals surface area contributed by atoms with Crippen molar-refractivity contribution in [3.8, 4) is 16.9 Å². The van der Waals surface area contributed by atoms with Crippen molar-refractivity contribution in [3.63, 3.8) is 0 Å². The highest BCUT2D eigenvalue weighted by Crippen LogP contribution is 2.31. The fourth-order valence-electron chi connectivity index (χ4n) is 4.76. The van der Waals surface area contributed by atoms with Gasteiger partial charge in [0.15, 0.2) is 0 Å². The lowest BCUT2D eigenvalue weighted by molar-refractivity contribution is 0.102. The monoisotopic (exact) mass is 504 g/mol. The highest BCUT2D eigenvalue weighted by atomic mass is 19.1. The van der Waals surface area contributed by atoms with Crippen LogP contribution in [0.2, 0.25) is 0 Å². The molecule has 5 rings (SSSR count). The van der Waals surface area contributed by atoms with Crippen LogP contribution in [0.25, 0.3) is 22.2 Å². The van der Waals surface area contributed by atoms with Crippen LogP contribution in [-0.2, 0) is 0 Å². The zero-order valence-electron chi connectivity index (χ0n) is 20.4. The standard InChI is InChI=1S/C27H26F2N6O2/c1-15-7-17(30)14-35(13-15)25-5-6-31-12-24(25)34-27(36)22-4-3-21-23(33-22)8-16(11-32-21)26-19(28)9-18(37-2)10-20(26)29/h3-6,8-12,15,17H,7,13-14,30H2,1-2H3,(H,34,36). The number of carbonyl (C=O) groups is 1. The molecule has 4 aromatic rings. The second kappa shape index (κ2) is 10.1. The number of hydrogen-bond acceptors (Lipinski definition) is 7. The maximum absolute atomic E-state index is 14.6. The lowest BCUT2D eigenvalue weighted by Crippen LogP contribution is -2.46. The van der Waals surface area contributed by atoms with Crippen LogP contribution in [0, 0.1) is 17.6 Å². The molecule has 3 N–H and O–H groups in total. The number of rotatable bonds is 5. The van der Waals surface area contributed by atoms with Crippen molar-refractivity contribution in [2.75, 3.05) is 30.4 Å². The number of nitrogens with one attached hydrogen (secondary N) is 1. The van der Waals surface area contributed by atoms with Crippen molar-refractivity contribution in [2.24, 2.45) is 11.7 Å². The Morgan fingerprint density at radius 3 is 2.62 bits per heavy atom. The highest BCUT2D eigenvalue weighted by molar-refractivity contribution is 6.05. The van der Waals surface area contributed by atoms with Crippen LogP contribution in [-0.4, -0.2) is 47.1 Å². The molecule has 0 aliphatic carbocycles. The number of hydrogen-bond donors (Lipinski definition) is 2. The Bertz CT molecular complexity index is 1450. The molecule has 1 saturated heterocycles. The molecule has 37 heavy (non-hydrogen) atoms. The predicted octanol–water partition coefficient (Wildman–Crippen LogP) is 4.40. The molecule has 1 aromatic carbocycles. The van der Waals surface area contributed by atoms with Gasteiger partial charge in [0, 0.05) is 49.2 Å². The van der Waals surface area contributed by atoms with Crippen molar-refractivity contribution >= 4 is 28.3 Å². The molecule has 1 fully saturated rings. The van der Waals surface area contributed by atoms with Crippen molar-refractivity contribution in [2.45, 2.75) is 19.4 Å². The fourth-order valence-corrected chi connectivity index (χ4v) is 4.76. The van der Waals surface area contributed by atoms with Crippen molar-refractivity contribution in [3.05, 3.63) is 72.3 Å². The summed E-state index contributed by atoms with van der Waals surface area (Å²) in [5, 5.41) is 2.89. The third kappa shape index (κ3) is 5.05. The van der Waals surface area contributed by atoms with Gasteiger partial charge in [-0.3, -0.25) is 14.8 Å². The number of benzene rings is 1. The lowest BCUT2D eigenvalue weighted by Gasteiger charge is -2.37. The number of nitrogens with two attached hydrogens (primary N) is 1. The number of carbonyl (C=O) groups excluding carboxylic acids is 1. The lowest BCUT2D eigenvalue weighted by atomic mass is 9.96. The number of aromatic nitrogens is 3. The zero-order chi connectivity index (χ0) is 26.1. The minimum absolute atomic E-state index is 0.0460. The molecule has 3 aromatic heterocycles. The summed E-state index contributed by atoms with van der Waals surface area (Å²) in [5.74, 6) is -1.53. The second-order valence-electron chi connectivity index (χ2n) is 9.28. The number of amides is 1. The smallest absolute Gasteiger partial charge is 0.274 e. The van der Waals surface area contributed by atoms with E-state index in [1.165, 1.54) is 19.4 Å². The summed E-state index contributed by atoms with van der Waals surface area (Å²) < 4.78 is 34.2. The van der Waals surface area contributed by atoms with Crippen LogP contribution in [0.15, 0.2) is 55.0 Å². The Kier molecular flexibility index (Phi) is 6.66. The van der Waals surface area contributed by atoms with Crippen LogP contribution in [0.4, 0.5) is 20.2 Å². The fraction of sp³-hybridized carbons (Fsp3) is 0.259. The first-order valence-corrected chi connectivity index (χ1v) is 11.9. The summed E-state index contributed by atoms with van der Waals surface area (Å²) in [4.78, 5) is 28.2. The third-order valence-electron chi connectivity index (χ3n) is 6.39. The molecule has 1 aliphatic heterocycles. The van der Waals surface area contributed by atoms with E-state index < -0.39 is 17.5 Å². The summed E-state index contributed by atoms with van der Waals surface area (Å²) in [6.45, 7) is 3.65. The molecule has 0 spiro atoms. The number of nitrogens with zero attached hydrogens (tertiary/aromatic N) is 4. The van der Waals surface area contributed by atoms with Gasteiger partial charge in [0.25, 0.3) is 5.91 Å².